The number of esters is 1. The van der Waals surface area contributed by atoms with Gasteiger partial charge in [-0.15, -0.1) is 0 Å². The molecule has 1 unspecified atom stereocenters. The predicted octanol–water partition coefficient (Wildman–Crippen LogP) is 3.55. The van der Waals surface area contributed by atoms with Gasteiger partial charge in [0.1, 0.15) is 0 Å². The van der Waals surface area contributed by atoms with E-state index in [0.717, 1.165) is 29.9 Å². The Hall–Kier alpha value is -3.15. The molecule has 6 heteroatoms. The number of carbonyl (C=O) groups is 3. The van der Waals surface area contributed by atoms with E-state index in [1.54, 1.807) is 11.8 Å². The molecule has 164 valence electrons. The molecule has 31 heavy (non-hydrogen) atoms. The smallest absolute Gasteiger partial charge is 0.307 e. The number of amides is 1. The number of carbonyl (C=O) groups excluding carboxylic acids is 3. The first-order valence-electron chi connectivity index (χ1n) is 10.7. The van der Waals surface area contributed by atoms with Gasteiger partial charge in [-0.3, -0.25) is 14.4 Å². The third kappa shape index (κ3) is 5.94. The van der Waals surface area contributed by atoms with E-state index in [4.69, 9.17) is 4.74 Å². The van der Waals surface area contributed by atoms with Gasteiger partial charge in [-0.25, -0.2) is 0 Å². The summed E-state index contributed by atoms with van der Waals surface area (Å²) in [6, 6.07) is 15.8. The van der Waals surface area contributed by atoms with Gasteiger partial charge in [0.25, 0.3) is 5.91 Å². The molecule has 1 atom stereocenters. The van der Waals surface area contributed by atoms with Crippen LogP contribution in [0.25, 0.3) is 0 Å². The Balaban J connectivity index is 1.44. The van der Waals surface area contributed by atoms with Crippen LogP contribution in [0.1, 0.15) is 41.3 Å². The molecule has 6 nitrogen and oxygen atoms in total. The van der Waals surface area contributed by atoms with Crippen LogP contribution in [0.15, 0.2) is 48.5 Å². The molecule has 0 saturated carbocycles. The molecule has 1 amide bonds. The molecule has 1 heterocycles. The molecule has 0 bridgehead atoms. The summed E-state index contributed by atoms with van der Waals surface area (Å²) in [6.07, 6.45) is -0.822. The Labute approximate surface area is 183 Å². The second-order valence-electron chi connectivity index (χ2n) is 8.02. The van der Waals surface area contributed by atoms with Crippen molar-refractivity contribution in [2.24, 2.45) is 0 Å². The molecule has 0 aromatic heterocycles. The van der Waals surface area contributed by atoms with Gasteiger partial charge in [0.15, 0.2) is 11.9 Å². The highest BCUT2D eigenvalue weighted by atomic mass is 16.5. The topological polar surface area (TPSA) is 66.9 Å². The molecule has 0 spiro atoms. The average Bonchev–Trinajstić information content (AvgIpc) is 2.79. The second-order valence-corrected chi connectivity index (χ2v) is 8.02. The number of hydrogen-bond acceptors (Lipinski definition) is 5. The van der Waals surface area contributed by atoms with E-state index in [0.29, 0.717) is 18.7 Å². The molecular formula is C25H30N2O4. The van der Waals surface area contributed by atoms with Crippen LogP contribution < -0.4 is 4.90 Å². The van der Waals surface area contributed by atoms with Crippen LogP contribution in [-0.4, -0.2) is 54.8 Å². The van der Waals surface area contributed by atoms with Gasteiger partial charge in [0, 0.05) is 43.9 Å². The Kier molecular flexibility index (Phi) is 7.45. The van der Waals surface area contributed by atoms with Gasteiger partial charge in [0.2, 0.25) is 0 Å². The van der Waals surface area contributed by atoms with Crippen LogP contribution in [0.3, 0.4) is 0 Å². The number of ether oxygens (including phenoxy) is 1. The number of para-hydroxylation sites is 1. The maximum absolute atomic E-state index is 12.7. The zero-order valence-corrected chi connectivity index (χ0v) is 18.5. The third-order valence-corrected chi connectivity index (χ3v) is 5.62. The predicted molar refractivity (Wildman–Crippen MR) is 120 cm³/mol. The molecule has 1 saturated heterocycles. The summed E-state index contributed by atoms with van der Waals surface area (Å²) in [5, 5.41) is 0. The van der Waals surface area contributed by atoms with Crippen molar-refractivity contribution in [1.29, 1.82) is 0 Å². The van der Waals surface area contributed by atoms with Gasteiger partial charge < -0.3 is 14.5 Å². The number of hydrogen-bond donors (Lipinski definition) is 0. The van der Waals surface area contributed by atoms with E-state index in [-0.39, 0.29) is 24.5 Å². The summed E-state index contributed by atoms with van der Waals surface area (Å²) in [4.78, 5) is 41.3. The highest BCUT2D eigenvalue weighted by molar-refractivity contribution is 5.99. The van der Waals surface area contributed by atoms with E-state index in [1.807, 2.05) is 50.2 Å². The minimum atomic E-state index is -0.855. The lowest BCUT2D eigenvalue weighted by molar-refractivity contribution is -0.159. The van der Waals surface area contributed by atoms with Crippen LogP contribution >= 0.6 is 0 Å². The van der Waals surface area contributed by atoms with Crippen molar-refractivity contribution in [3.05, 3.63) is 65.2 Å². The zero-order chi connectivity index (χ0) is 22.4. The Bertz CT molecular complexity index is 934. The number of benzene rings is 2. The van der Waals surface area contributed by atoms with Crippen molar-refractivity contribution in [2.45, 2.75) is 39.7 Å². The van der Waals surface area contributed by atoms with E-state index in [1.165, 1.54) is 0 Å². The second kappa shape index (κ2) is 10.2. The summed E-state index contributed by atoms with van der Waals surface area (Å²) in [6.45, 7) is 8.04. The summed E-state index contributed by atoms with van der Waals surface area (Å²) in [5.74, 6) is -0.807. The van der Waals surface area contributed by atoms with E-state index in [9.17, 15) is 14.4 Å². The summed E-state index contributed by atoms with van der Waals surface area (Å²) >= 11 is 0. The lowest BCUT2D eigenvalue weighted by Crippen LogP contribution is -2.51. The number of piperazine rings is 1. The molecule has 2 aromatic rings. The molecule has 1 fully saturated rings. The fourth-order valence-corrected chi connectivity index (χ4v) is 3.77. The number of aryl methyl sites for hydroxylation is 2. The summed E-state index contributed by atoms with van der Waals surface area (Å²) in [5.41, 5.74) is 3.67. The van der Waals surface area contributed by atoms with Gasteiger partial charge in [-0.05, 0) is 44.5 Å². The van der Waals surface area contributed by atoms with Crippen LogP contribution in [0, 0.1) is 13.8 Å². The summed E-state index contributed by atoms with van der Waals surface area (Å²) < 4.78 is 5.32. The molecular weight excluding hydrogens is 392 g/mol. The number of Topliss-reactive ketones (excluding diaryl/α,β-unsaturated/α-hetero) is 1. The van der Waals surface area contributed by atoms with Crippen LogP contribution in [0.4, 0.5) is 5.69 Å². The van der Waals surface area contributed by atoms with Gasteiger partial charge >= 0.3 is 5.97 Å². The standard InChI is InChI=1S/C25H30N2O4/c1-18-9-10-19(2)22(17-18)23(28)11-12-24(29)31-20(3)25(30)27-15-13-26(14-16-27)21-7-5-4-6-8-21/h4-10,17,20H,11-16H2,1-3H3. The number of anilines is 1. The van der Waals surface area contributed by atoms with E-state index >= 15 is 0 Å². The van der Waals surface area contributed by atoms with Crippen molar-refractivity contribution >= 4 is 23.3 Å². The Morgan fingerprint density at radius 2 is 1.61 bits per heavy atom. The van der Waals surface area contributed by atoms with Crippen molar-refractivity contribution in [2.75, 3.05) is 31.1 Å². The van der Waals surface area contributed by atoms with E-state index in [2.05, 4.69) is 17.0 Å². The van der Waals surface area contributed by atoms with Gasteiger partial charge in [-0.1, -0.05) is 35.9 Å². The number of ketones is 1. The molecule has 1 aliphatic rings. The van der Waals surface area contributed by atoms with Crippen LogP contribution in [0.2, 0.25) is 0 Å². The molecule has 0 radical (unpaired) electrons. The number of rotatable bonds is 7. The monoisotopic (exact) mass is 422 g/mol. The maximum atomic E-state index is 12.7. The van der Waals surface area contributed by atoms with Crippen LogP contribution in [0.5, 0.6) is 0 Å². The minimum absolute atomic E-state index is 0.0361. The van der Waals surface area contributed by atoms with Crippen molar-refractivity contribution in [3.63, 3.8) is 0 Å². The normalized spacial score (nSPS) is 14.8. The zero-order valence-electron chi connectivity index (χ0n) is 18.5. The molecule has 3 rings (SSSR count). The number of nitrogens with zero attached hydrogens (tertiary/aromatic N) is 2. The highest BCUT2D eigenvalue weighted by Gasteiger charge is 2.27. The first kappa shape index (κ1) is 22.5. The fraction of sp³-hybridized carbons (Fsp3) is 0.400. The SMILES string of the molecule is Cc1ccc(C)c(C(=O)CCC(=O)OC(C)C(=O)N2CCN(c3ccccc3)CC2)c1. The molecule has 0 aliphatic carbocycles. The first-order chi connectivity index (χ1) is 14.8. The van der Waals surface area contributed by atoms with Crippen molar-refractivity contribution in [3.8, 4) is 0 Å². The molecule has 2 aromatic carbocycles. The Morgan fingerprint density at radius 1 is 0.935 bits per heavy atom. The van der Waals surface area contributed by atoms with Gasteiger partial charge in [-0.2, -0.15) is 0 Å². The Morgan fingerprint density at radius 3 is 2.29 bits per heavy atom. The average molecular weight is 423 g/mol. The minimum Gasteiger partial charge on any atom is -0.453 e. The molecule has 0 N–H and O–H groups in total. The third-order valence-electron chi connectivity index (χ3n) is 5.62. The largest absolute Gasteiger partial charge is 0.453 e. The first-order valence-corrected chi connectivity index (χ1v) is 10.7. The lowest BCUT2D eigenvalue weighted by atomic mass is 9.99. The van der Waals surface area contributed by atoms with Crippen LogP contribution in [-0.2, 0) is 14.3 Å². The van der Waals surface area contributed by atoms with Gasteiger partial charge in [0.05, 0.1) is 6.42 Å². The summed E-state index contributed by atoms with van der Waals surface area (Å²) in [7, 11) is 0. The van der Waals surface area contributed by atoms with E-state index < -0.39 is 12.1 Å². The van der Waals surface area contributed by atoms with Crippen molar-refractivity contribution < 1.29 is 19.1 Å². The fourth-order valence-electron chi connectivity index (χ4n) is 3.77. The molecule has 1 aliphatic heterocycles. The van der Waals surface area contributed by atoms with Crippen molar-refractivity contribution in [1.82, 2.24) is 4.90 Å². The quantitative estimate of drug-likeness (QED) is 0.504. The maximum Gasteiger partial charge on any atom is 0.307 e. The highest BCUT2D eigenvalue weighted by Crippen LogP contribution is 2.17. The lowest BCUT2D eigenvalue weighted by Gasteiger charge is -2.37.